The van der Waals surface area contributed by atoms with Crippen molar-refractivity contribution in [3.8, 4) is 17.7 Å². The van der Waals surface area contributed by atoms with Crippen molar-refractivity contribution in [2.75, 3.05) is 0 Å². The lowest BCUT2D eigenvalue weighted by Crippen LogP contribution is -2.19. The van der Waals surface area contributed by atoms with Gasteiger partial charge in [0.15, 0.2) is 0 Å². The van der Waals surface area contributed by atoms with Gasteiger partial charge in [-0.3, -0.25) is 9.20 Å². The Kier molecular flexibility index (Phi) is 6.01. The van der Waals surface area contributed by atoms with Gasteiger partial charge in [0.05, 0.1) is 4.90 Å². The maximum Gasteiger partial charge on any atom is 0.269 e. The van der Waals surface area contributed by atoms with Crippen LogP contribution >= 0.6 is 11.6 Å². The molecule has 0 bridgehead atoms. The molecule has 0 N–H and O–H groups in total. The molecule has 2 heterocycles. The van der Waals surface area contributed by atoms with E-state index in [9.17, 15) is 18.5 Å². The van der Waals surface area contributed by atoms with E-state index < -0.39 is 20.3 Å². The van der Waals surface area contributed by atoms with E-state index in [0.717, 1.165) is 11.6 Å². The van der Waals surface area contributed by atoms with Crippen LogP contribution in [0.25, 0.3) is 11.7 Å². The average molecular weight is 478 g/mol. The summed E-state index contributed by atoms with van der Waals surface area (Å²) < 4.78 is 33.2. The molecule has 0 saturated heterocycles. The summed E-state index contributed by atoms with van der Waals surface area (Å²) in [7, 11) is -4.18. The fourth-order valence-corrected chi connectivity index (χ4v) is 4.31. The number of nitriles is 1. The summed E-state index contributed by atoms with van der Waals surface area (Å²) in [5.74, 6) is 0.196. The van der Waals surface area contributed by atoms with Crippen LogP contribution in [0, 0.1) is 18.3 Å². The van der Waals surface area contributed by atoms with Crippen LogP contribution in [-0.4, -0.2) is 17.8 Å². The van der Waals surface area contributed by atoms with Crippen LogP contribution in [0.4, 0.5) is 0 Å². The molecular formula is C24H16ClN3O4S. The van der Waals surface area contributed by atoms with Gasteiger partial charge in [0, 0.05) is 11.2 Å². The molecule has 4 rings (SSSR count). The first-order valence-corrected chi connectivity index (χ1v) is 11.5. The van der Waals surface area contributed by atoms with E-state index in [1.165, 1.54) is 22.7 Å². The number of sulfone groups is 1. The first-order chi connectivity index (χ1) is 15.8. The molecular weight excluding hydrogens is 462 g/mol. The van der Waals surface area contributed by atoms with Crippen molar-refractivity contribution >= 4 is 33.2 Å². The summed E-state index contributed by atoms with van der Waals surface area (Å²) in [5.41, 5.74) is 0.396. The standard InChI is InChI=1S/C24H16ClN3O4S/c1-16-5-11-19(12-6-16)33(30,31)20(15-26)14-21-23(32-18-9-7-17(25)8-10-18)27-22-4-2-3-13-28(22)24(21)29/h2-14H,1H3. The highest BCUT2D eigenvalue weighted by Gasteiger charge is 2.23. The number of fused-ring (bicyclic) bond motifs is 1. The minimum absolute atomic E-state index is 0.0603. The van der Waals surface area contributed by atoms with Gasteiger partial charge in [0.2, 0.25) is 15.7 Å². The summed E-state index contributed by atoms with van der Waals surface area (Å²) in [4.78, 5) is 16.9. The van der Waals surface area contributed by atoms with Crippen molar-refractivity contribution in [2.45, 2.75) is 11.8 Å². The van der Waals surface area contributed by atoms with Crippen LogP contribution in [0.1, 0.15) is 11.1 Å². The maximum atomic E-state index is 13.2. The summed E-state index contributed by atoms with van der Waals surface area (Å²) in [6.07, 6.45) is 2.49. The number of hydrogen-bond donors (Lipinski definition) is 0. The Morgan fingerprint density at radius 3 is 2.45 bits per heavy atom. The van der Waals surface area contributed by atoms with Crippen LogP contribution in [0.3, 0.4) is 0 Å². The average Bonchev–Trinajstić information content (AvgIpc) is 2.80. The zero-order chi connectivity index (χ0) is 23.6. The molecule has 0 aliphatic rings. The molecule has 0 saturated carbocycles. The second-order valence-electron chi connectivity index (χ2n) is 7.06. The van der Waals surface area contributed by atoms with Crippen molar-refractivity contribution in [2.24, 2.45) is 0 Å². The zero-order valence-electron chi connectivity index (χ0n) is 17.3. The second kappa shape index (κ2) is 8.90. The van der Waals surface area contributed by atoms with E-state index in [1.54, 1.807) is 60.7 Å². The first-order valence-electron chi connectivity index (χ1n) is 9.68. The number of nitrogens with zero attached hydrogens (tertiary/aromatic N) is 3. The highest BCUT2D eigenvalue weighted by atomic mass is 35.5. The normalized spacial score (nSPS) is 11.8. The topological polar surface area (TPSA) is 102 Å². The minimum atomic E-state index is -4.18. The maximum absolute atomic E-state index is 13.2. The van der Waals surface area contributed by atoms with E-state index in [-0.39, 0.29) is 16.3 Å². The van der Waals surface area contributed by atoms with E-state index >= 15 is 0 Å². The second-order valence-corrected chi connectivity index (χ2v) is 9.41. The number of benzene rings is 2. The number of halogens is 1. The summed E-state index contributed by atoms with van der Waals surface area (Å²) in [5, 5.41) is 10.2. The number of aryl methyl sites for hydroxylation is 1. The molecule has 7 nitrogen and oxygen atoms in total. The summed E-state index contributed by atoms with van der Waals surface area (Å²) >= 11 is 5.92. The molecule has 4 aromatic rings. The lowest BCUT2D eigenvalue weighted by molar-refractivity contribution is 0.461. The Bertz CT molecular complexity index is 1580. The third-order valence-corrected chi connectivity index (χ3v) is 6.70. The van der Waals surface area contributed by atoms with Gasteiger partial charge in [-0.05, 0) is 61.5 Å². The Hall–Kier alpha value is -3.93. The molecule has 0 unspecified atom stereocenters. The van der Waals surface area contributed by atoms with Gasteiger partial charge >= 0.3 is 0 Å². The number of hydrogen-bond acceptors (Lipinski definition) is 6. The molecule has 0 spiro atoms. The van der Waals surface area contributed by atoms with Crippen LogP contribution in [0.5, 0.6) is 11.6 Å². The van der Waals surface area contributed by atoms with Gasteiger partial charge in [-0.1, -0.05) is 35.4 Å². The largest absolute Gasteiger partial charge is 0.438 e. The Balaban J connectivity index is 1.92. The minimum Gasteiger partial charge on any atom is -0.438 e. The highest BCUT2D eigenvalue weighted by molar-refractivity contribution is 7.95. The monoisotopic (exact) mass is 477 g/mol. The lowest BCUT2D eigenvalue weighted by Gasteiger charge is -2.10. The molecule has 0 aliphatic heterocycles. The number of pyridine rings is 1. The predicted molar refractivity (Wildman–Crippen MR) is 125 cm³/mol. The SMILES string of the molecule is Cc1ccc(S(=O)(=O)C(C#N)=Cc2c(Oc3ccc(Cl)cc3)nc3ccccn3c2=O)cc1. The number of allylic oxidation sites excluding steroid dienone is 1. The van der Waals surface area contributed by atoms with E-state index in [2.05, 4.69) is 4.98 Å². The fourth-order valence-electron chi connectivity index (χ4n) is 3.04. The number of aromatic nitrogens is 2. The molecule has 2 aromatic carbocycles. The Labute approximate surface area is 194 Å². The van der Waals surface area contributed by atoms with Crippen molar-refractivity contribution in [3.05, 3.63) is 104 Å². The van der Waals surface area contributed by atoms with Gasteiger partial charge in [-0.2, -0.15) is 10.2 Å². The number of rotatable bonds is 5. The van der Waals surface area contributed by atoms with Crippen molar-refractivity contribution in [1.29, 1.82) is 5.26 Å². The van der Waals surface area contributed by atoms with E-state index in [0.29, 0.717) is 16.4 Å². The molecule has 0 aliphatic carbocycles. The third-order valence-electron chi connectivity index (χ3n) is 4.77. The Morgan fingerprint density at radius 2 is 1.79 bits per heavy atom. The third kappa shape index (κ3) is 4.51. The predicted octanol–water partition coefficient (Wildman–Crippen LogP) is 4.79. The molecule has 2 aromatic heterocycles. The number of ether oxygens (including phenoxy) is 1. The van der Waals surface area contributed by atoms with Gasteiger partial charge in [0.1, 0.15) is 27.9 Å². The molecule has 33 heavy (non-hydrogen) atoms. The quantitative estimate of drug-likeness (QED) is 0.383. The molecule has 9 heteroatoms. The first kappa shape index (κ1) is 22.3. The van der Waals surface area contributed by atoms with Gasteiger partial charge < -0.3 is 4.74 Å². The van der Waals surface area contributed by atoms with E-state index in [4.69, 9.17) is 16.3 Å². The van der Waals surface area contributed by atoms with Gasteiger partial charge in [-0.15, -0.1) is 0 Å². The lowest BCUT2D eigenvalue weighted by atomic mass is 10.2. The molecule has 0 atom stereocenters. The summed E-state index contributed by atoms with van der Waals surface area (Å²) in [6.45, 7) is 1.82. The smallest absolute Gasteiger partial charge is 0.269 e. The van der Waals surface area contributed by atoms with E-state index in [1.807, 2.05) is 6.92 Å². The van der Waals surface area contributed by atoms with Crippen LogP contribution in [0.2, 0.25) is 5.02 Å². The van der Waals surface area contributed by atoms with Crippen molar-refractivity contribution in [3.63, 3.8) is 0 Å². The van der Waals surface area contributed by atoms with Gasteiger partial charge in [0.25, 0.3) is 5.56 Å². The van der Waals surface area contributed by atoms with Crippen molar-refractivity contribution in [1.82, 2.24) is 9.38 Å². The van der Waals surface area contributed by atoms with Crippen LogP contribution < -0.4 is 10.3 Å². The summed E-state index contributed by atoms with van der Waals surface area (Å²) in [6, 6.07) is 19.1. The Morgan fingerprint density at radius 1 is 1.09 bits per heavy atom. The molecule has 164 valence electrons. The van der Waals surface area contributed by atoms with Gasteiger partial charge in [-0.25, -0.2) is 8.42 Å². The fraction of sp³-hybridized carbons (Fsp3) is 0.0417. The molecule has 0 radical (unpaired) electrons. The zero-order valence-corrected chi connectivity index (χ0v) is 18.8. The highest BCUT2D eigenvalue weighted by Crippen LogP contribution is 2.27. The van der Waals surface area contributed by atoms with Crippen LogP contribution in [0.15, 0.2) is 87.5 Å². The van der Waals surface area contributed by atoms with Crippen LogP contribution in [-0.2, 0) is 9.84 Å². The molecule has 0 fully saturated rings. The molecule has 0 amide bonds. The van der Waals surface area contributed by atoms with Crippen molar-refractivity contribution < 1.29 is 13.2 Å².